The molecule has 0 aromatic carbocycles. The maximum atomic E-state index is 12.9. The minimum atomic E-state index is -2.73. The largest absolute Gasteiger partial charge is 0.325 e. The SMILES string of the molecule is CC1CC(CN(C)CC(F)(F)CN)C1. The fourth-order valence-corrected chi connectivity index (χ4v) is 2.18. The third kappa shape index (κ3) is 3.50. The van der Waals surface area contributed by atoms with Crippen molar-refractivity contribution < 1.29 is 8.78 Å². The summed E-state index contributed by atoms with van der Waals surface area (Å²) in [5.74, 6) is -1.34. The maximum Gasteiger partial charge on any atom is 0.272 e. The fraction of sp³-hybridized carbons (Fsp3) is 1.00. The van der Waals surface area contributed by atoms with E-state index in [1.54, 1.807) is 11.9 Å². The Balaban J connectivity index is 2.19. The van der Waals surface area contributed by atoms with Crippen molar-refractivity contribution in [1.29, 1.82) is 0 Å². The van der Waals surface area contributed by atoms with Crippen molar-refractivity contribution in [2.75, 3.05) is 26.7 Å². The summed E-state index contributed by atoms with van der Waals surface area (Å²) in [6, 6.07) is 0. The third-order valence-corrected chi connectivity index (χ3v) is 2.84. The molecule has 2 nitrogen and oxygen atoms in total. The highest BCUT2D eigenvalue weighted by atomic mass is 19.3. The van der Waals surface area contributed by atoms with E-state index in [4.69, 9.17) is 5.73 Å². The van der Waals surface area contributed by atoms with Crippen LogP contribution in [-0.4, -0.2) is 37.5 Å². The predicted molar refractivity (Wildman–Crippen MR) is 53.4 cm³/mol. The smallest absolute Gasteiger partial charge is 0.272 e. The van der Waals surface area contributed by atoms with E-state index in [-0.39, 0.29) is 6.54 Å². The van der Waals surface area contributed by atoms with E-state index in [9.17, 15) is 8.78 Å². The second-order valence-corrected chi connectivity index (χ2v) is 4.70. The Labute approximate surface area is 84.4 Å². The standard InChI is InChI=1S/C10H20F2N2/c1-8-3-9(4-8)5-14(2)7-10(11,12)6-13/h8-9H,3-7,13H2,1-2H3. The summed E-state index contributed by atoms with van der Waals surface area (Å²) < 4.78 is 25.8. The number of halogens is 2. The van der Waals surface area contributed by atoms with Crippen molar-refractivity contribution in [2.24, 2.45) is 17.6 Å². The second-order valence-electron chi connectivity index (χ2n) is 4.70. The molecule has 84 valence electrons. The van der Waals surface area contributed by atoms with E-state index in [1.165, 1.54) is 12.8 Å². The quantitative estimate of drug-likeness (QED) is 0.739. The molecule has 0 spiro atoms. The summed E-state index contributed by atoms with van der Waals surface area (Å²) >= 11 is 0. The van der Waals surface area contributed by atoms with Crippen LogP contribution in [0, 0.1) is 11.8 Å². The Morgan fingerprint density at radius 3 is 2.43 bits per heavy atom. The van der Waals surface area contributed by atoms with Crippen LogP contribution in [-0.2, 0) is 0 Å². The van der Waals surface area contributed by atoms with Gasteiger partial charge < -0.3 is 10.6 Å². The van der Waals surface area contributed by atoms with Gasteiger partial charge in [0.2, 0.25) is 0 Å². The van der Waals surface area contributed by atoms with Gasteiger partial charge in [0.1, 0.15) is 0 Å². The fourth-order valence-electron chi connectivity index (χ4n) is 2.18. The molecule has 0 amide bonds. The molecule has 1 fully saturated rings. The molecule has 0 saturated heterocycles. The first-order chi connectivity index (χ1) is 6.43. The summed E-state index contributed by atoms with van der Waals surface area (Å²) in [6.45, 7) is 2.21. The Morgan fingerprint density at radius 2 is 2.00 bits per heavy atom. The first-order valence-electron chi connectivity index (χ1n) is 5.19. The van der Waals surface area contributed by atoms with Crippen molar-refractivity contribution in [3.63, 3.8) is 0 Å². The number of rotatable bonds is 5. The minimum absolute atomic E-state index is 0.214. The van der Waals surface area contributed by atoms with Crippen LogP contribution in [0.1, 0.15) is 19.8 Å². The Morgan fingerprint density at radius 1 is 1.43 bits per heavy atom. The Kier molecular flexibility index (Phi) is 3.84. The van der Waals surface area contributed by atoms with Crippen LogP contribution in [0.25, 0.3) is 0 Å². The molecule has 1 aliphatic rings. The van der Waals surface area contributed by atoms with Crippen LogP contribution in [0.15, 0.2) is 0 Å². The zero-order valence-electron chi connectivity index (χ0n) is 8.97. The van der Waals surface area contributed by atoms with Crippen LogP contribution in [0.2, 0.25) is 0 Å². The van der Waals surface area contributed by atoms with Gasteiger partial charge in [0, 0.05) is 6.54 Å². The first kappa shape index (κ1) is 11.9. The number of nitrogens with zero attached hydrogens (tertiary/aromatic N) is 1. The molecule has 0 aromatic heterocycles. The molecule has 14 heavy (non-hydrogen) atoms. The molecule has 0 bridgehead atoms. The highest BCUT2D eigenvalue weighted by Crippen LogP contribution is 2.33. The van der Waals surface area contributed by atoms with Gasteiger partial charge in [0.15, 0.2) is 0 Å². The van der Waals surface area contributed by atoms with Gasteiger partial charge in [0.05, 0.1) is 13.1 Å². The zero-order chi connectivity index (χ0) is 10.8. The van der Waals surface area contributed by atoms with Crippen LogP contribution >= 0.6 is 0 Å². The van der Waals surface area contributed by atoms with Gasteiger partial charge in [-0.25, -0.2) is 8.78 Å². The highest BCUT2D eigenvalue weighted by molar-refractivity contribution is 4.80. The van der Waals surface area contributed by atoms with E-state index < -0.39 is 12.5 Å². The molecular formula is C10H20F2N2. The third-order valence-electron chi connectivity index (χ3n) is 2.84. The van der Waals surface area contributed by atoms with Crippen molar-refractivity contribution >= 4 is 0 Å². The molecule has 1 saturated carbocycles. The lowest BCUT2D eigenvalue weighted by Crippen LogP contribution is -2.43. The van der Waals surface area contributed by atoms with E-state index >= 15 is 0 Å². The summed E-state index contributed by atoms with van der Waals surface area (Å²) in [4.78, 5) is 1.70. The molecule has 0 atom stereocenters. The molecular weight excluding hydrogens is 186 g/mol. The van der Waals surface area contributed by atoms with E-state index in [2.05, 4.69) is 6.92 Å². The minimum Gasteiger partial charge on any atom is -0.325 e. The lowest BCUT2D eigenvalue weighted by molar-refractivity contribution is -0.0244. The van der Waals surface area contributed by atoms with Gasteiger partial charge in [-0.15, -0.1) is 0 Å². The average molecular weight is 206 g/mol. The number of hydrogen-bond acceptors (Lipinski definition) is 2. The molecule has 0 aromatic rings. The first-order valence-corrected chi connectivity index (χ1v) is 5.19. The lowest BCUT2D eigenvalue weighted by atomic mass is 9.76. The van der Waals surface area contributed by atoms with Crippen molar-refractivity contribution in [2.45, 2.75) is 25.7 Å². The molecule has 1 aliphatic carbocycles. The summed E-state index contributed by atoms with van der Waals surface area (Å²) in [6.07, 6.45) is 2.36. The van der Waals surface area contributed by atoms with Gasteiger partial charge in [0.25, 0.3) is 5.92 Å². The van der Waals surface area contributed by atoms with Gasteiger partial charge >= 0.3 is 0 Å². The number of nitrogens with two attached hydrogens (primary N) is 1. The summed E-state index contributed by atoms with van der Waals surface area (Å²) in [5, 5.41) is 0. The second kappa shape index (κ2) is 4.53. The van der Waals surface area contributed by atoms with Gasteiger partial charge in [-0.05, 0) is 31.7 Å². The normalized spacial score (nSPS) is 27.9. The van der Waals surface area contributed by atoms with Crippen molar-refractivity contribution in [3.05, 3.63) is 0 Å². The van der Waals surface area contributed by atoms with Gasteiger partial charge in [-0.1, -0.05) is 6.92 Å². The topological polar surface area (TPSA) is 29.3 Å². The zero-order valence-corrected chi connectivity index (χ0v) is 8.97. The van der Waals surface area contributed by atoms with E-state index in [0.29, 0.717) is 5.92 Å². The van der Waals surface area contributed by atoms with Crippen LogP contribution in [0.4, 0.5) is 8.78 Å². The molecule has 4 heteroatoms. The lowest BCUT2D eigenvalue weighted by Gasteiger charge is -2.36. The highest BCUT2D eigenvalue weighted by Gasteiger charge is 2.31. The Hall–Kier alpha value is -0.220. The van der Waals surface area contributed by atoms with Crippen LogP contribution in [0.5, 0.6) is 0 Å². The van der Waals surface area contributed by atoms with Gasteiger partial charge in [-0.2, -0.15) is 0 Å². The van der Waals surface area contributed by atoms with E-state index in [1.807, 2.05) is 0 Å². The monoisotopic (exact) mass is 206 g/mol. The van der Waals surface area contributed by atoms with Crippen LogP contribution < -0.4 is 5.73 Å². The summed E-state index contributed by atoms with van der Waals surface area (Å²) in [7, 11) is 1.74. The molecule has 0 unspecified atom stereocenters. The van der Waals surface area contributed by atoms with E-state index in [0.717, 1.165) is 12.5 Å². The molecule has 0 aliphatic heterocycles. The van der Waals surface area contributed by atoms with Crippen molar-refractivity contribution in [1.82, 2.24) is 4.90 Å². The number of alkyl halides is 2. The molecule has 0 heterocycles. The van der Waals surface area contributed by atoms with Crippen LogP contribution in [0.3, 0.4) is 0 Å². The Bertz CT molecular complexity index is 179. The molecule has 0 radical (unpaired) electrons. The molecule has 2 N–H and O–H groups in total. The maximum absolute atomic E-state index is 12.9. The summed E-state index contributed by atoms with van der Waals surface area (Å²) in [5.41, 5.74) is 4.98. The predicted octanol–water partition coefficient (Wildman–Crippen LogP) is 1.56. The molecule has 1 rings (SSSR count). The van der Waals surface area contributed by atoms with Crippen molar-refractivity contribution in [3.8, 4) is 0 Å². The van der Waals surface area contributed by atoms with Gasteiger partial charge in [-0.3, -0.25) is 0 Å². The average Bonchev–Trinajstić information content (AvgIpc) is 2.00. The number of hydrogen-bond donors (Lipinski definition) is 1.